The van der Waals surface area contributed by atoms with Gasteiger partial charge in [0.25, 0.3) is 0 Å². The van der Waals surface area contributed by atoms with Gasteiger partial charge in [-0.15, -0.1) is 0 Å². The Labute approximate surface area is 356 Å². The van der Waals surface area contributed by atoms with Crippen molar-refractivity contribution in [2.45, 2.75) is 6.92 Å². The van der Waals surface area contributed by atoms with Gasteiger partial charge < -0.3 is 9.32 Å². The highest BCUT2D eigenvalue weighted by atomic mass is 16.3. The van der Waals surface area contributed by atoms with E-state index in [2.05, 4.69) is 230 Å². The first kappa shape index (κ1) is 36.2. The van der Waals surface area contributed by atoms with Crippen molar-refractivity contribution in [2.75, 3.05) is 4.90 Å². The Hall–Kier alpha value is -7.94. The van der Waals surface area contributed by atoms with Gasteiger partial charge in [0.1, 0.15) is 11.3 Å². The maximum atomic E-state index is 6.35. The predicted octanol–water partition coefficient (Wildman–Crippen LogP) is 16.9. The number of benzene rings is 10. The Morgan fingerprint density at radius 3 is 1.33 bits per heavy atom. The molecule has 11 aromatic rings. The number of nitrogens with zero attached hydrogens (tertiary/aromatic N) is 1. The molecule has 2 nitrogen and oxygen atoms in total. The fourth-order valence-electron chi connectivity index (χ4n) is 8.85. The Morgan fingerprint density at radius 2 is 0.721 bits per heavy atom. The zero-order valence-electron chi connectivity index (χ0n) is 33.8. The minimum Gasteiger partial charge on any atom is -0.456 e. The molecule has 0 radical (unpaired) electrons. The summed E-state index contributed by atoms with van der Waals surface area (Å²) in [5, 5.41) is 6.22. The summed E-state index contributed by atoms with van der Waals surface area (Å²) < 4.78 is 6.35. The molecule has 11 rings (SSSR count). The lowest BCUT2D eigenvalue weighted by Gasteiger charge is -2.26. The largest absolute Gasteiger partial charge is 0.456 e. The summed E-state index contributed by atoms with van der Waals surface area (Å²) in [5.74, 6) is 0.918. The van der Waals surface area contributed by atoms with Gasteiger partial charge in [0.2, 0.25) is 0 Å². The molecule has 0 fully saturated rings. The summed E-state index contributed by atoms with van der Waals surface area (Å²) in [4.78, 5) is 2.35. The van der Waals surface area contributed by atoms with E-state index in [-0.39, 0.29) is 0 Å². The Bertz CT molecular complexity index is 3340. The number of hydrogen-bond donors (Lipinski definition) is 0. The average molecular weight is 780 g/mol. The van der Waals surface area contributed by atoms with Gasteiger partial charge >= 0.3 is 0 Å². The Morgan fingerprint density at radius 1 is 0.295 bits per heavy atom. The van der Waals surface area contributed by atoms with Crippen molar-refractivity contribution in [3.05, 3.63) is 236 Å². The molecule has 0 aliphatic heterocycles. The molecular formula is C59H41NO. The lowest BCUT2D eigenvalue weighted by atomic mass is 9.97. The fraction of sp³-hybridized carbons (Fsp3) is 0.0169. The highest BCUT2D eigenvalue weighted by molar-refractivity contribution is 6.08. The number of rotatable bonds is 8. The molecule has 61 heavy (non-hydrogen) atoms. The summed E-state index contributed by atoms with van der Waals surface area (Å²) in [5.41, 5.74) is 15.9. The van der Waals surface area contributed by atoms with Crippen molar-refractivity contribution < 1.29 is 4.42 Å². The lowest BCUT2D eigenvalue weighted by Crippen LogP contribution is -2.09. The van der Waals surface area contributed by atoms with Gasteiger partial charge in [0.15, 0.2) is 0 Å². The van der Waals surface area contributed by atoms with Crippen molar-refractivity contribution in [1.29, 1.82) is 0 Å². The minimum atomic E-state index is 0.914. The van der Waals surface area contributed by atoms with E-state index >= 15 is 0 Å². The smallest absolute Gasteiger partial charge is 0.138 e. The second kappa shape index (κ2) is 15.3. The first-order valence-electron chi connectivity index (χ1n) is 20.9. The van der Waals surface area contributed by atoms with Crippen LogP contribution >= 0.6 is 0 Å². The minimum absolute atomic E-state index is 0.914. The SMILES string of the molecule is Cc1c(-c2cccc(-c3ccc(N(c4ccc(-c5cccc(-c6ccccc6)c5)cc4)c4ccc(-c5ccc6c(ccc7ccccc76)c5)cc4)cc3)c2)oc2ccccc12. The van der Waals surface area contributed by atoms with Gasteiger partial charge in [-0.1, -0.05) is 170 Å². The molecule has 0 unspecified atom stereocenters. The topological polar surface area (TPSA) is 16.4 Å². The fourth-order valence-corrected chi connectivity index (χ4v) is 8.85. The van der Waals surface area contributed by atoms with Crippen LogP contribution < -0.4 is 4.90 Å². The van der Waals surface area contributed by atoms with Crippen LogP contribution in [-0.4, -0.2) is 0 Å². The van der Waals surface area contributed by atoms with Gasteiger partial charge in [-0.3, -0.25) is 0 Å². The van der Waals surface area contributed by atoms with Crippen LogP contribution in [0.3, 0.4) is 0 Å². The van der Waals surface area contributed by atoms with Crippen molar-refractivity contribution in [2.24, 2.45) is 0 Å². The third kappa shape index (κ3) is 6.84. The summed E-state index contributed by atoms with van der Waals surface area (Å²) in [6, 6.07) is 83.0. The van der Waals surface area contributed by atoms with Crippen molar-refractivity contribution in [1.82, 2.24) is 0 Å². The highest BCUT2D eigenvalue weighted by Crippen LogP contribution is 2.40. The van der Waals surface area contributed by atoms with Gasteiger partial charge in [-0.05, 0) is 134 Å². The van der Waals surface area contributed by atoms with E-state index < -0.39 is 0 Å². The highest BCUT2D eigenvalue weighted by Gasteiger charge is 2.16. The second-order valence-electron chi connectivity index (χ2n) is 15.8. The van der Waals surface area contributed by atoms with E-state index in [1.807, 2.05) is 12.1 Å². The molecule has 0 N–H and O–H groups in total. The predicted molar refractivity (Wildman–Crippen MR) is 258 cm³/mol. The van der Waals surface area contributed by atoms with Crippen LogP contribution in [0.1, 0.15) is 5.56 Å². The number of hydrogen-bond acceptors (Lipinski definition) is 2. The zero-order chi connectivity index (χ0) is 40.7. The van der Waals surface area contributed by atoms with Crippen LogP contribution in [0.4, 0.5) is 17.1 Å². The second-order valence-corrected chi connectivity index (χ2v) is 15.8. The van der Waals surface area contributed by atoms with E-state index in [4.69, 9.17) is 4.42 Å². The number of fused-ring (bicyclic) bond motifs is 4. The molecule has 1 heterocycles. The molecule has 0 aliphatic carbocycles. The van der Waals surface area contributed by atoms with E-state index in [0.717, 1.165) is 56.0 Å². The van der Waals surface area contributed by atoms with Crippen molar-refractivity contribution >= 4 is 49.6 Å². The normalized spacial score (nSPS) is 11.4. The lowest BCUT2D eigenvalue weighted by molar-refractivity contribution is 0.629. The zero-order valence-corrected chi connectivity index (χ0v) is 33.8. The average Bonchev–Trinajstić information content (AvgIpc) is 3.68. The number of anilines is 3. The van der Waals surface area contributed by atoms with Crippen LogP contribution in [0.5, 0.6) is 0 Å². The van der Waals surface area contributed by atoms with Crippen LogP contribution in [0, 0.1) is 6.92 Å². The van der Waals surface area contributed by atoms with Crippen molar-refractivity contribution in [3.63, 3.8) is 0 Å². The van der Waals surface area contributed by atoms with Gasteiger partial charge in [0.05, 0.1) is 0 Å². The molecule has 0 bridgehead atoms. The Kier molecular flexibility index (Phi) is 9.09. The molecule has 288 valence electrons. The first-order chi connectivity index (χ1) is 30.1. The van der Waals surface area contributed by atoms with Crippen LogP contribution in [-0.2, 0) is 0 Å². The van der Waals surface area contributed by atoms with Gasteiger partial charge in [0, 0.05) is 33.6 Å². The molecule has 10 aromatic carbocycles. The molecule has 0 atom stereocenters. The van der Waals surface area contributed by atoms with Crippen molar-refractivity contribution in [3.8, 4) is 55.8 Å². The number of aryl methyl sites for hydroxylation is 1. The maximum Gasteiger partial charge on any atom is 0.138 e. The third-order valence-electron chi connectivity index (χ3n) is 12.1. The molecule has 0 saturated heterocycles. The van der Waals surface area contributed by atoms with E-state index in [0.29, 0.717) is 0 Å². The molecule has 0 saturated carbocycles. The summed E-state index contributed by atoms with van der Waals surface area (Å²) in [7, 11) is 0. The number of furan rings is 1. The molecular weight excluding hydrogens is 739 g/mol. The quantitative estimate of drug-likeness (QED) is 0.143. The maximum absolute atomic E-state index is 6.35. The molecule has 0 amide bonds. The summed E-state index contributed by atoms with van der Waals surface area (Å²) >= 11 is 0. The third-order valence-corrected chi connectivity index (χ3v) is 12.1. The van der Waals surface area contributed by atoms with E-state index in [9.17, 15) is 0 Å². The molecule has 2 heteroatoms. The van der Waals surface area contributed by atoms with Crippen LogP contribution in [0.15, 0.2) is 235 Å². The Balaban J connectivity index is 0.944. The van der Waals surface area contributed by atoms with Gasteiger partial charge in [-0.25, -0.2) is 0 Å². The first-order valence-corrected chi connectivity index (χ1v) is 20.9. The molecule has 0 aliphatic rings. The molecule has 1 aromatic heterocycles. The monoisotopic (exact) mass is 779 g/mol. The number of para-hydroxylation sites is 1. The van der Waals surface area contributed by atoms with E-state index in [1.165, 1.54) is 54.9 Å². The molecule has 0 spiro atoms. The standard InChI is InChI=1S/C59H41NO/c1-40-55-18-7-8-20-58(55)61-59(40)51-17-10-16-48(39-51)43-25-32-53(33-26-43)60(52-30-23-42(24-31-52)47-15-9-14-46(37-47)41-11-3-2-4-12-41)54-34-27-44(28-35-54)49-29-36-57-50(38-49)22-21-45-13-5-6-19-56(45)57/h2-39H,1H3. The van der Waals surface area contributed by atoms with Crippen LogP contribution in [0.2, 0.25) is 0 Å². The summed E-state index contributed by atoms with van der Waals surface area (Å²) in [6.07, 6.45) is 0. The van der Waals surface area contributed by atoms with Crippen LogP contribution in [0.25, 0.3) is 88.3 Å². The van der Waals surface area contributed by atoms with E-state index in [1.54, 1.807) is 0 Å². The van der Waals surface area contributed by atoms with Gasteiger partial charge in [-0.2, -0.15) is 0 Å². The summed E-state index contributed by atoms with van der Waals surface area (Å²) in [6.45, 7) is 2.14.